The van der Waals surface area contributed by atoms with Crippen molar-refractivity contribution in [2.24, 2.45) is 7.05 Å². The third-order valence-electron chi connectivity index (χ3n) is 4.35. The van der Waals surface area contributed by atoms with Crippen molar-refractivity contribution in [1.29, 1.82) is 0 Å². The van der Waals surface area contributed by atoms with Crippen LogP contribution in [0.15, 0.2) is 66.0 Å². The molecule has 0 atom stereocenters. The maximum Gasteiger partial charge on any atom is 0.293 e. The van der Waals surface area contributed by atoms with Gasteiger partial charge < -0.3 is 9.88 Å². The second-order valence-corrected chi connectivity index (χ2v) is 6.19. The molecule has 0 saturated heterocycles. The molecular formula is C19H14N8O. The molecule has 0 radical (unpaired) electrons. The van der Waals surface area contributed by atoms with E-state index in [1.165, 1.54) is 6.20 Å². The zero-order chi connectivity index (χ0) is 19.1. The van der Waals surface area contributed by atoms with Gasteiger partial charge in [-0.05, 0) is 24.3 Å². The van der Waals surface area contributed by atoms with Crippen LogP contribution >= 0.6 is 0 Å². The molecule has 0 fully saturated rings. The van der Waals surface area contributed by atoms with Gasteiger partial charge in [0.05, 0.1) is 18.0 Å². The van der Waals surface area contributed by atoms with E-state index in [0.717, 1.165) is 16.6 Å². The van der Waals surface area contributed by atoms with Gasteiger partial charge in [-0.1, -0.05) is 18.2 Å². The van der Waals surface area contributed by atoms with Crippen LogP contribution in [0, 0.1) is 0 Å². The van der Waals surface area contributed by atoms with Gasteiger partial charge in [-0.3, -0.25) is 4.79 Å². The summed E-state index contributed by atoms with van der Waals surface area (Å²) in [7, 11) is 1.88. The Bertz CT molecular complexity index is 1390. The monoisotopic (exact) mass is 370 g/mol. The van der Waals surface area contributed by atoms with Crippen molar-refractivity contribution in [3.8, 4) is 11.5 Å². The number of benzene rings is 1. The first kappa shape index (κ1) is 16.1. The fourth-order valence-corrected chi connectivity index (χ4v) is 2.99. The van der Waals surface area contributed by atoms with Gasteiger partial charge in [0.25, 0.3) is 5.56 Å². The number of rotatable bonds is 3. The van der Waals surface area contributed by atoms with Crippen LogP contribution in [-0.4, -0.2) is 34.1 Å². The van der Waals surface area contributed by atoms with E-state index in [9.17, 15) is 4.79 Å². The third kappa shape index (κ3) is 2.57. The van der Waals surface area contributed by atoms with E-state index in [1.54, 1.807) is 35.2 Å². The van der Waals surface area contributed by atoms with E-state index in [0.29, 0.717) is 23.1 Å². The molecule has 4 heterocycles. The number of aryl methyl sites for hydroxylation is 1. The minimum atomic E-state index is -0.389. The summed E-state index contributed by atoms with van der Waals surface area (Å²) >= 11 is 0. The summed E-state index contributed by atoms with van der Waals surface area (Å²) in [4.78, 5) is 29.5. The number of nitrogens with zero attached hydrogens (tertiary/aromatic N) is 7. The van der Waals surface area contributed by atoms with Gasteiger partial charge >= 0.3 is 0 Å². The van der Waals surface area contributed by atoms with Gasteiger partial charge in [0.1, 0.15) is 11.4 Å². The third-order valence-corrected chi connectivity index (χ3v) is 4.35. The van der Waals surface area contributed by atoms with Gasteiger partial charge in [0.2, 0.25) is 11.8 Å². The van der Waals surface area contributed by atoms with E-state index >= 15 is 0 Å². The van der Waals surface area contributed by atoms with Crippen molar-refractivity contribution in [3.63, 3.8) is 0 Å². The lowest BCUT2D eigenvalue weighted by Crippen LogP contribution is -2.11. The molecule has 0 saturated carbocycles. The number of hydrogen-bond donors (Lipinski definition) is 1. The lowest BCUT2D eigenvalue weighted by atomic mass is 10.2. The molecule has 0 aliphatic rings. The van der Waals surface area contributed by atoms with Crippen LogP contribution in [0.25, 0.3) is 28.1 Å². The van der Waals surface area contributed by atoms with Crippen molar-refractivity contribution in [2.75, 3.05) is 5.32 Å². The second-order valence-electron chi connectivity index (χ2n) is 6.19. The van der Waals surface area contributed by atoms with Gasteiger partial charge in [-0.15, -0.1) is 5.10 Å². The van der Waals surface area contributed by atoms with Gasteiger partial charge in [-0.2, -0.15) is 4.52 Å². The van der Waals surface area contributed by atoms with E-state index < -0.39 is 0 Å². The predicted octanol–water partition coefficient (Wildman–Crippen LogP) is 2.18. The summed E-state index contributed by atoms with van der Waals surface area (Å²) in [5.74, 6) is 0.889. The van der Waals surface area contributed by atoms with E-state index in [2.05, 4.69) is 25.4 Å². The van der Waals surface area contributed by atoms with Crippen molar-refractivity contribution < 1.29 is 0 Å². The average Bonchev–Trinajstić information content (AvgIpc) is 3.27. The molecule has 28 heavy (non-hydrogen) atoms. The second kappa shape index (κ2) is 6.23. The number of imidazole rings is 1. The van der Waals surface area contributed by atoms with E-state index in [1.807, 2.05) is 35.9 Å². The molecule has 9 nitrogen and oxygen atoms in total. The SMILES string of the molecule is Cn1cncc1-c1nc2c3ccccc3nc(Nc3ccccnc3=O)n2n1. The molecule has 0 unspecified atom stereocenters. The molecule has 0 aliphatic carbocycles. The number of nitrogens with one attached hydrogen (secondary N) is 1. The number of aromatic nitrogens is 7. The maximum atomic E-state index is 12.2. The highest BCUT2D eigenvalue weighted by Crippen LogP contribution is 2.24. The van der Waals surface area contributed by atoms with Crippen LogP contribution in [0.5, 0.6) is 0 Å². The summed E-state index contributed by atoms with van der Waals surface area (Å²) < 4.78 is 3.44. The molecule has 1 aromatic carbocycles. The van der Waals surface area contributed by atoms with Crippen LogP contribution in [0.1, 0.15) is 0 Å². The number of fused-ring (bicyclic) bond motifs is 3. The van der Waals surface area contributed by atoms with Crippen molar-refractivity contribution in [1.82, 2.24) is 34.1 Å². The van der Waals surface area contributed by atoms with Crippen LogP contribution in [0.4, 0.5) is 11.6 Å². The number of anilines is 2. The highest BCUT2D eigenvalue weighted by atomic mass is 16.1. The standard InChI is InChI=1S/C19H14N8O/c1-26-11-20-10-15(26)16-24-17-12-6-2-3-7-13(12)22-19(27(17)25-16)23-14-8-4-5-9-21-18(14)28/h2-11H,1H3,(H,21,22,23,28). The highest BCUT2D eigenvalue weighted by Gasteiger charge is 2.16. The molecule has 136 valence electrons. The molecule has 0 amide bonds. The fraction of sp³-hybridized carbons (Fsp3) is 0.0526. The number of hydrogen-bond acceptors (Lipinski definition) is 7. The Kier molecular flexibility index (Phi) is 3.58. The molecular weight excluding hydrogens is 356 g/mol. The van der Waals surface area contributed by atoms with Crippen molar-refractivity contribution in [3.05, 3.63) is 71.5 Å². The molecule has 4 aromatic heterocycles. The Morgan fingerprint density at radius 1 is 1.04 bits per heavy atom. The highest BCUT2D eigenvalue weighted by molar-refractivity contribution is 5.93. The van der Waals surface area contributed by atoms with Crippen LogP contribution in [-0.2, 0) is 7.05 Å². The first-order chi connectivity index (χ1) is 13.7. The molecule has 0 spiro atoms. The van der Waals surface area contributed by atoms with Crippen molar-refractivity contribution in [2.45, 2.75) is 0 Å². The molecule has 0 bridgehead atoms. The molecule has 9 heteroatoms. The normalized spacial score (nSPS) is 11.2. The fourth-order valence-electron chi connectivity index (χ4n) is 2.99. The minimum absolute atomic E-state index is 0.298. The average molecular weight is 370 g/mol. The Labute approximate surface area is 158 Å². The van der Waals surface area contributed by atoms with Crippen LogP contribution in [0.2, 0.25) is 0 Å². The lowest BCUT2D eigenvalue weighted by Gasteiger charge is -2.07. The quantitative estimate of drug-likeness (QED) is 0.519. The molecule has 5 aromatic rings. The maximum absolute atomic E-state index is 12.2. The van der Waals surface area contributed by atoms with Crippen LogP contribution in [0.3, 0.4) is 0 Å². The molecule has 1 N–H and O–H groups in total. The van der Waals surface area contributed by atoms with Crippen LogP contribution < -0.4 is 10.9 Å². The number of para-hydroxylation sites is 1. The Balaban J connectivity index is 1.78. The Hall–Kier alpha value is -4.14. The molecule has 5 rings (SSSR count). The van der Waals surface area contributed by atoms with Gasteiger partial charge in [-0.25, -0.2) is 19.9 Å². The lowest BCUT2D eigenvalue weighted by molar-refractivity contribution is 0.896. The minimum Gasteiger partial charge on any atom is -0.331 e. The van der Waals surface area contributed by atoms with E-state index in [4.69, 9.17) is 4.98 Å². The summed E-state index contributed by atoms with van der Waals surface area (Å²) in [5, 5.41) is 8.51. The zero-order valence-corrected chi connectivity index (χ0v) is 14.8. The van der Waals surface area contributed by atoms with E-state index in [-0.39, 0.29) is 5.56 Å². The van der Waals surface area contributed by atoms with Gasteiger partial charge in [0, 0.05) is 18.6 Å². The largest absolute Gasteiger partial charge is 0.331 e. The predicted molar refractivity (Wildman–Crippen MR) is 104 cm³/mol. The smallest absolute Gasteiger partial charge is 0.293 e. The first-order valence-corrected chi connectivity index (χ1v) is 8.55. The summed E-state index contributed by atoms with van der Waals surface area (Å²) in [6.45, 7) is 0. The Morgan fingerprint density at radius 3 is 2.75 bits per heavy atom. The summed E-state index contributed by atoms with van der Waals surface area (Å²) in [5.41, 5.74) is 2.05. The summed E-state index contributed by atoms with van der Waals surface area (Å²) in [6, 6.07) is 12.7. The summed E-state index contributed by atoms with van der Waals surface area (Å²) in [6.07, 6.45) is 4.84. The molecule has 0 aliphatic heterocycles. The first-order valence-electron chi connectivity index (χ1n) is 8.55. The van der Waals surface area contributed by atoms with Gasteiger partial charge in [0.15, 0.2) is 5.65 Å². The zero-order valence-electron chi connectivity index (χ0n) is 14.8. The Morgan fingerprint density at radius 2 is 1.89 bits per heavy atom. The van der Waals surface area contributed by atoms with Crippen molar-refractivity contribution >= 4 is 28.2 Å². The topological polar surface area (TPSA) is 103 Å².